The normalized spacial score (nSPS) is 11.0. The maximum atomic E-state index is 13.1. The first kappa shape index (κ1) is 28.9. The third-order valence-electron chi connectivity index (χ3n) is 6.80. The van der Waals surface area contributed by atoms with Gasteiger partial charge < -0.3 is 10.1 Å². The molecule has 0 saturated heterocycles. The minimum atomic E-state index is -0.137. The Kier molecular flexibility index (Phi) is 13.3. The second-order valence-corrected chi connectivity index (χ2v) is 10.7. The number of anilines is 1. The van der Waals surface area contributed by atoms with Crippen molar-refractivity contribution in [1.29, 1.82) is 0 Å². The number of para-hydroxylation sites is 1. The number of benzene rings is 2. The van der Waals surface area contributed by atoms with Crippen LogP contribution < -0.4 is 14.6 Å². The number of rotatable bonds is 18. The van der Waals surface area contributed by atoms with E-state index in [-0.39, 0.29) is 5.91 Å². The summed E-state index contributed by atoms with van der Waals surface area (Å²) in [6.07, 6.45) is 15.8. The van der Waals surface area contributed by atoms with Gasteiger partial charge in [-0.25, -0.2) is 0 Å². The van der Waals surface area contributed by atoms with Crippen LogP contribution in [0.3, 0.4) is 0 Å². The zero-order chi connectivity index (χ0) is 26.1. The van der Waals surface area contributed by atoms with Gasteiger partial charge >= 0.3 is 0 Å². The molecular formula is C32H45N2O2S+. The molecule has 0 fully saturated rings. The average Bonchev–Trinajstić information content (AvgIpc) is 3.31. The number of aromatic nitrogens is 1. The zero-order valence-corrected chi connectivity index (χ0v) is 23.7. The van der Waals surface area contributed by atoms with Gasteiger partial charge in [0.15, 0.2) is 12.2 Å². The summed E-state index contributed by atoms with van der Waals surface area (Å²) in [5.74, 6) is 0.519. The van der Waals surface area contributed by atoms with Crippen LogP contribution in [-0.4, -0.2) is 12.5 Å². The smallest absolute Gasteiger partial charge is 0.259 e. The minimum absolute atomic E-state index is 0.137. The molecule has 0 radical (unpaired) electrons. The molecule has 1 N–H and O–H groups in total. The Morgan fingerprint density at radius 2 is 1.54 bits per heavy atom. The number of nitrogens with one attached hydrogen (secondary N) is 1. The molecule has 5 heteroatoms. The summed E-state index contributed by atoms with van der Waals surface area (Å²) in [6.45, 7) is 5.82. The molecule has 4 nitrogen and oxygen atoms in total. The molecule has 3 rings (SSSR count). The average molecular weight is 522 g/mol. The van der Waals surface area contributed by atoms with Crippen LogP contribution in [0.1, 0.15) is 106 Å². The van der Waals surface area contributed by atoms with Crippen molar-refractivity contribution in [2.75, 3.05) is 11.9 Å². The monoisotopic (exact) mass is 521 g/mol. The molecular weight excluding hydrogens is 476 g/mol. The lowest BCUT2D eigenvalue weighted by atomic mass is 10.1. The Labute approximate surface area is 228 Å². The Bertz CT molecular complexity index is 1060. The standard InChI is InChI=1S/C32H44N2O2S/c1-3-4-5-6-7-8-9-10-11-12-13-16-22-36-31-21-15-14-20-30(31)32(35)33-29-19-17-18-28(23-29)24-34-26-37-25-27(34)2/h14-15,17-21,23,25-26H,3-13,16,22,24H2,1-2H3/p+1. The SMILES string of the molecule is CCCCCCCCCCCCCCOc1ccccc1C(=O)Nc1cccc(C[n+]2cscc2C)c1. The van der Waals surface area contributed by atoms with Crippen molar-refractivity contribution >= 4 is 22.9 Å². The third-order valence-corrected chi connectivity index (χ3v) is 7.66. The summed E-state index contributed by atoms with van der Waals surface area (Å²) < 4.78 is 8.24. The summed E-state index contributed by atoms with van der Waals surface area (Å²) in [5.41, 5.74) is 5.88. The third kappa shape index (κ3) is 10.7. The van der Waals surface area contributed by atoms with Crippen LogP contribution in [-0.2, 0) is 6.54 Å². The molecule has 0 aliphatic heterocycles. The van der Waals surface area contributed by atoms with Gasteiger partial charge in [-0.05, 0) is 30.7 Å². The molecule has 0 unspecified atom stereocenters. The largest absolute Gasteiger partial charge is 0.493 e. The van der Waals surface area contributed by atoms with Crippen molar-refractivity contribution in [2.24, 2.45) is 0 Å². The number of hydrogen-bond donors (Lipinski definition) is 1. The van der Waals surface area contributed by atoms with Crippen molar-refractivity contribution < 1.29 is 14.1 Å². The van der Waals surface area contributed by atoms with E-state index in [9.17, 15) is 4.79 Å². The molecule has 0 saturated carbocycles. The van der Waals surface area contributed by atoms with Crippen LogP contribution in [0, 0.1) is 6.92 Å². The van der Waals surface area contributed by atoms with Crippen LogP contribution in [0.2, 0.25) is 0 Å². The van der Waals surface area contributed by atoms with E-state index in [1.54, 1.807) is 11.3 Å². The molecule has 2 aromatic carbocycles. The lowest BCUT2D eigenvalue weighted by Gasteiger charge is -2.12. The number of carbonyl (C=O) groups excluding carboxylic acids is 1. The number of ether oxygens (including phenoxy) is 1. The Hall–Kier alpha value is -2.66. The number of nitrogens with zero attached hydrogens (tertiary/aromatic N) is 1. The van der Waals surface area contributed by atoms with Crippen molar-refractivity contribution in [3.05, 3.63) is 76.2 Å². The molecule has 0 aliphatic carbocycles. The summed E-state index contributed by atoms with van der Waals surface area (Å²) in [7, 11) is 0. The lowest BCUT2D eigenvalue weighted by Crippen LogP contribution is -2.34. The van der Waals surface area contributed by atoms with Crippen LogP contribution >= 0.6 is 11.3 Å². The summed E-state index contributed by atoms with van der Waals surface area (Å²) in [5, 5.41) is 5.20. The lowest BCUT2D eigenvalue weighted by molar-refractivity contribution is -0.689. The number of thiazole rings is 1. The Balaban J connectivity index is 1.36. The van der Waals surface area contributed by atoms with E-state index in [1.807, 2.05) is 42.5 Å². The summed E-state index contributed by atoms with van der Waals surface area (Å²) >= 11 is 1.70. The van der Waals surface area contributed by atoms with Gasteiger partial charge in [0.25, 0.3) is 5.91 Å². The highest BCUT2D eigenvalue weighted by Crippen LogP contribution is 2.21. The molecule has 0 atom stereocenters. The first-order chi connectivity index (χ1) is 18.2. The highest BCUT2D eigenvalue weighted by molar-refractivity contribution is 7.07. The van der Waals surface area contributed by atoms with E-state index >= 15 is 0 Å². The van der Waals surface area contributed by atoms with Crippen LogP contribution in [0.25, 0.3) is 0 Å². The van der Waals surface area contributed by atoms with Gasteiger partial charge in [0, 0.05) is 18.2 Å². The number of carbonyl (C=O) groups is 1. The van der Waals surface area contributed by atoms with E-state index in [0.29, 0.717) is 17.9 Å². The number of amides is 1. The van der Waals surface area contributed by atoms with Crippen molar-refractivity contribution in [1.82, 2.24) is 0 Å². The van der Waals surface area contributed by atoms with Gasteiger partial charge in [0.1, 0.15) is 5.75 Å². The second kappa shape index (κ2) is 17.0. The fourth-order valence-electron chi connectivity index (χ4n) is 4.56. The number of hydrogen-bond acceptors (Lipinski definition) is 3. The molecule has 200 valence electrons. The van der Waals surface area contributed by atoms with Gasteiger partial charge in [-0.1, -0.05) is 113 Å². The van der Waals surface area contributed by atoms with Gasteiger partial charge in [-0.3, -0.25) is 4.79 Å². The molecule has 0 bridgehead atoms. The maximum Gasteiger partial charge on any atom is 0.259 e. The topological polar surface area (TPSA) is 42.2 Å². The van der Waals surface area contributed by atoms with E-state index in [0.717, 1.165) is 24.2 Å². The molecule has 1 heterocycles. The fraction of sp³-hybridized carbons (Fsp3) is 0.500. The summed E-state index contributed by atoms with van der Waals surface area (Å²) in [6, 6.07) is 15.6. The molecule has 0 aliphatic rings. The van der Waals surface area contributed by atoms with Gasteiger partial charge in [0.2, 0.25) is 5.51 Å². The van der Waals surface area contributed by atoms with E-state index in [2.05, 4.69) is 40.7 Å². The Morgan fingerprint density at radius 1 is 0.865 bits per heavy atom. The number of unbranched alkanes of at least 4 members (excludes halogenated alkanes) is 11. The second-order valence-electron chi connectivity index (χ2n) is 10.0. The highest BCUT2D eigenvalue weighted by Gasteiger charge is 2.14. The van der Waals surface area contributed by atoms with Crippen LogP contribution in [0.5, 0.6) is 5.75 Å². The van der Waals surface area contributed by atoms with E-state index in [4.69, 9.17) is 4.74 Å². The molecule has 1 amide bonds. The predicted molar refractivity (Wildman–Crippen MR) is 156 cm³/mol. The first-order valence-corrected chi connectivity index (χ1v) is 15.2. The zero-order valence-electron chi connectivity index (χ0n) is 22.8. The van der Waals surface area contributed by atoms with Crippen molar-refractivity contribution in [3.8, 4) is 5.75 Å². The maximum absolute atomic E-state index is 13.1. The first-order valence-electron chi connectivity index (χ1n) is 14.2. The molecule has 0 spiro atoms. The number of aryl methyl sites for hydroxylation is 1. The van der Waals surface area contributed by atoms with Gasteiger partial charge in [0.05, 0.1) is 17.6 Å². The summed E-state index contributed by atoms with van der Waals surface area (Å²) in [4.78, 5) is 13.1. The van der Waals surface area contributed by atoms with Crippen LogP contribution in [0.4, 0.5) is 5.69 Å². The molecule has 3 aromatic rings. The van der Waals surface area contributed by atoms with Crippen LogP contribution in [0.15, 0.2) is 59.4 Å². The van der Waals surface area contributed by atoms with E-state index < -0.39 is 0 Å². The minimum Gasteiger partial charge on any atom is -0.493 e. The Morgan fingerprint density at radius 3 is 2.22 bits per heavy atom. The van der Waals surface area contributed by atoms with Gasteiger partial charge in [-0.15, -0.1) is 0 Å². The predicted octanol–water partition coefficient (Wildman–Crippen LogP) is 8.72. The van der Waals surface area contributed by atoms with E-state index in [1.165, 1.54) is 76.3 Å². The van der Waals surface area contributed by atoms with Crippen molar-refractivity contribution in [3.63, 3.8) is 0 Å². The van der Waals surface area contributed by atoms with Gasteiger partial charge in [-0.2, -0.15) is 4.57 Å². The highest BCUT2D eigenvalue weighted by atomic mass is 32.1. The fourth-order valence-corrected chi connectivity index (χ4v) is 5.34. The quantitative estimate of drug-likeness (QED) is 0.134. The molecule has 37 heavy (non-hydrogen) atoms. The molecule has 1 aromatic heterocycles. The van der Waals surface area contributed by atoms with Crippen molar-refractivity contribution in [2.45, 2.75) is 97.4 Å².